The molecule has 0 bridgehead atoms. The Morgan fingerprint density at radius 1 is 1.41 bits per heavy atom. The summed E-state index contributed by atoms with van der Waals surface area (Å²) in [6.45, 7) is 4.21. The third-order valence-electron chi connectivity index (χ3n) is 2.79. The van der Waals surface area contributed by atoms with Crippen LogP contribution in [0.3, 0.4) is 0 Å². The predicted octanol–water partition coefficient (Wildman–Crippen LogP) is 1.63. The smallest absolute Gasteiger partial charge is 0.253 e. The van der Waals surface area contributed by atoms with Gasteiger partial charge in [0, 0.05) is 23.7 Å². The van der Waals surface area contributed by atoms with E-state index in [4.69, 9.17) is 5.73 Å². The summed E-state index contributed by atoms with van der Waals surface area (Å²) in [5, 5.41) is 3.95. The zero-order valence-corrected chi connectivity index (χ0v) is 10.1. The number of hydrogen-bond donors (Lipinski definition) is 3. The van der Waals surface area contributed by atoms with Crippen molar-refractivity contribution in [2.45, 2.75) is 19.4 Å². The summed E-state index contributed by atoms with van der Waals surface area (Å²) in [5.74, 6) is -0.103. The summed E-state index contributed by atoms with van der Waals surface area (Å²) in [6, 6.07) is 7.60. The molecule has 4 nitrogen and oxygen atoms in total. The maximum absolute atomic E-state index is 12.1. The lowest BCUT2D eigenvalue weighted by atomic mass is 10.0. The summed E-state index contributed by atoms with van der Waals surface area (Å²) in [6.07, 6.45) is 1.83. The van der Waals surface area contributed by atoms with Crippen molar-refractivity contribution < 1.29 is 4.79 Å². The quantitative estimate of drug-likeness (QED) is 0.751. The van der Waals surface area contributed by atoms with E-state index < -0.39 is 5.54 Å². The van der Waals surface area contributed by atoms with E-state index in [0.717, 1.165) is 10.9 Å². The lowest BCUT2D eigenvalue weighted by Gasteiger charge is -2.24. The van der Waals surface area contributed by atoms with Crippen LogP contribution in [0.2, 0.25) is 0 Å². The van der Waals surface area contributed by atoms with Crippen LogP contribution < -0.4 is 11.1 Å². The van der Waals surface area contributed by atoms with Gasteiger partial charge in [-0.2, -0.15) is 0 Å². The zero-order valence-electron chi connectivity index (χ0n) is 10.1. The molecule has 17 heavy (non-hydrogen) atoms. The summed E-state index contributed by atoms with van der Waals surface area (Å²) < 4.78 is 0. The van der Waals surface area contributed by atoms with Crippen LogP contribution in [-0.2, 0) is 0 Å². The minimum absolute atomic E-state index is 0.103. The fourth-order valence-corrected chi connectivity index (χ4v) is 1.70. The average Bonchev–Trinajstić information content (AvgIpc) is 2.76. The van der Waals surface area contributed by atoms with Gasteiger partial charge >= 0.3 is 0 Å². The van der Waals surface area contributed by atoms with E-state index in [1.54, 1.807) is 6.07 Å². The molecule has 0 saturated heterocycles. The van der Waals surface area contributed by atoms with Gasteiger partial charge in [-0.1, -0.05) is 12.1 Å². The molecule has 0 aliphatic heterocycles. The molecule has 2 aromatic rings. The van der Waals surface area contributed by atoms with Gasteiger partial charge in [-0.15, -0.1) is 0 Å². The van der Waals surface area contributed by atoms with Gasteiger partial charge in [-0.25, -0.2) is 0 Å². The van der Waals surface area contributed by atoms with Gasteiger partial charge in [0.2, 0.25) is 0 Å². The molecule has 0 aliphatic rings. The Hall–Kier alpha value is -1.81. The fraction of sp³-hybridized carbons (Fsp3) is 0.308. The highest BCUT2D eigenvalue weighted by molar-refractivity contribution is 6.05. The third-order valence-corrected chi connectivity index (χ3v) is 2.79. The first-order chi connectivity index (χ1) is 8.03. The van der Waals surface area contributed by atoms with E-state index in [2.05, 4.69) is 10.3 Å². The monoisotopic (exact) mass is 231 g/mol. The number of carbonyl (C=O) groups excluding carboxylic acids is 1. The molecule has 90 valence electrons. The number of aromatic amines is 1. The standard InChI is InChI=1S/C13H17N3O/c1-13(2,8-14)16-12(17)10-5-3-4-9-6-7-15-11(9)10/h3-7,15H,8,14H2,1-2H3,(H,16,17). The number of hydrogen-bond acceptors (Lipinski definition) is 2. The summed E-state index contributed by atoms with van der Waals surface area (Å²) in [7, 11) is 0. The number of H-pyrrole nitrogens is 1. The van der Waals surface area contributed by atoms with Gasteiger partial charge in [-0.05, 0) is 26.0 Å². The molecule has 4 N–H and O–H groups in total. The summed E-state index contributed by atoms with van der Waals surface area (Å²) in [4.78, 5) is 15.2. The lowest BCUT2D eigenvalue weighted by Crippen LogP contribution is -2.48. The number of carbonyl (C=O) groups is 1. The van der Waals surface area contributed by atoms with Crippen molar-refractivity contribution in [3.8, 4) is 0 Å². The van der Waals surface area contributed by atoms with Crippen molar-refractivity contribution in [2.75, 3.05) is 6.54 Å². The molecule has 0 radical (unpaired) electrons. The molecule has 1 aromatic carbocycles. The number of para-hydroxylation sites is 1. The first-order valence-corrected chi connectivity index (χ1v) is 5.62. The topological polar surface area (TPSA) is 70.9 Å². The molecule has 0 spiro atoms. The number of nitrogens with one attached hydrogen (secondary N) is 2. The van der Waals surface area contributed by atoms with Gasteiger partial charge in [0.15, 0.2) is 0 Å². The van der Waals surface area contributed by atoms with Gasteiger partial charge in [-0.3, -0.25) is 4.79 Å². The highest BCUT2D eigenvalue weighted by atomic mass is 16.1. The molecule has 0 fully saturated rings. The Labute approximate surface area is 100 Å². The zero-order chi connectivity index (χ0) is 12.5. The Bertz CT molecular complexity index is 542. The van der Waals surface area contributed by atoms with Crippen LogP contribution in [0.15, 0.2) is 30.5 Å². The molecule has 4 heteroatoms. The Morgan fingerprint density at radius 3 is 2.88 bits per heavy atom. The van der Waals surface area contributed by atoms with Crippen LogP contribution in [0.1, 0.15) is 24.2 Å². The number of amides is 1. The van der Waals surface area contributed by atoms with Crippen LogP contribution in [0.5, 0.6) is 0 Å². The number of nitrogens with two attached hydrogens (primary N) is 1. The Kier molecular flexibility index (Phi) is 2.90. The number of fused-ring (bicyclic) bond motifs is 1. The second-order valence-electron chi connectivity index (χ2n) is 4.79. The van der Waals surface area contributed by atoms with Crippen LogP contribution >= 0.6 is 0 Å². The number of benzene rings is 1. The lowest BCUT2D eigenvalue weighted by molar-refractivity contribution is 0.0917. The third kappa shape index (κ3) is 2.31. The summed E-state index contributed by atoms with van der Waals surface area (Å²) >= 11 is 0. The average molecular weight is 231 g/mol. The molecule has 1 aromatic heterocycles. The number of aromatic nitrogens is 1. The maximum atomic E-state index is 12.1. The number of rotatable bonds is 3. The normalized spacial score (nSPS) is 11.7. The van der Waals surface area contributed by atoms with Gasteiger partial charge in [0.25, 0.3) is 5.91 Å². The predicted molar refractivity (Wildman–Crippen MR) is 68.9 cm³/mol. The second kappa shape index (κ2) is 4.22. The molecule has 0 atom stereocenters. The minimum Gasteiger partial charge on any atom is -0.361 e. The van der Waals surface area contributed by atoms with Crippen LogP contribution in [0.4, 0.5) is 0 Å². The second-order valence-corrected chi connectivity index (χ2v) is 4.79. The van der Waals surface area contributed by atoms with E-state index in [9.17, 15) is 4.79 Å². The molecule has 0 aliphatic carbocycles. The molecule has 0 saturated carbocycles. The maximum Gasteiger partial charge on any atom is 0.253 e. The van der Waals surface area contributed by atoms with Crippen molar-refractivity contribution in [1.29, 1.82) is 0 Å². The highest BCUT2D eigenvalue weighted by Crippen LogP contribution is 2.17. The fourth-order valence-electron chi connectivity index (χ4n) is 1.70. The highest BCUT2D eigenvalue weighted by Gasteiger charge is 2.20. The van der Waals surface area contributed by atoms with Crippen molar-refractivity contribution in [3.05, 3.63) is 36.0 Å². The first kappa shape index (κ1) is 11.7. The van der Waals surface area contributed by atoms with E-state index in [1.165, 1.54) is 0 Å². The SMILES string of the molecule is CC(C)(CN)NC(=O)c1cccc2cc[nH]c12. The molecular formula is C13H17N3O. The van der Waals surface area contributed by atoms with Crippen molar-refractivity contribution >= 4 is 16.8 Å². The van der Waals surface area contributed by atoms with Gasteiger partial charge in [0.05, 0.1) is 11.1 Å². The molecule has 1 heterocycles. The Morgan fingerprint density at radius 2 is 2.18 bits per heavy atom. The first-order valence-electron chi connectivity index (χ1n) is 5.62. The van der Waals surface area contributed by atoms with Crippen LogP contribution in [0.25, 0.3) is 10.9 Å². The Balaban J connectivity index is 2.34. The summed E-state index contributed by atoms with van der Waals surface area (Å²) in [5.41, 5.74) is 6.71. The van der Waals surface area contributed by atoms with E-state index in [0.29, 0.717) is 12.1 Å². The molecule has 2 rings (SSSR count). The van der Waals surface area contributed by atoms with E-state index in [-0.39, 0.29) is 5.91 Å². The minimum atomic E-state index is -0.397. The van der Waals surface area contributed by atoms with Gasteiger partial charge in [0.1, 0.15) is 0 Å². The largest absolute Gasteiger partial charge is 0.361 e. The molecular weight excluding hydrogens is 214 g/mol. The molecule has 0 unspecified atom stereocenters. The van der Waals surface area contributed by atoms with E-state index in [1.807, 2.05) is 38.2 Å². The van der Waals surface area contributed by atoms with Gasteiger partial charge < -0.3 is 16.0 Å². The molecule has 1 amide bonds. The van der Waals surface area contributed by atoms with Crippen LogP contribution in [-0.4, -0.2) is 23.0 Å². The van der Waals surface area contributed by atoms with Crippen molar-refractivity contribution in [3.63, 3.8) is 0 Å². The van der Waals surface area contributed by atoms with Crippen molar-refractivity contribution in [1.82, 2.24) is 10.3 Å². The van der Waals surface area contributed by atoms with Crippen LogP contribution in [0, 0.1) is 0 Å². The van der Waals surface area contributed by atoms with E-state index >= 15 is 0 Å². The van der Waals surface area contributed by atoms with Crippen molar-refractivity contribution in [2.24, 2.45) is 5.73 Å².